The van der Waals surface area contributed by atoms with Crippen LogP contribution in [-0.2, 0) is 5.41 Å². The normalized spacial score (nSPS) is 15.6. The number of ketones is 1. The molecular weight excluding hydrogens is 379 g/mol. The molecule has 0 aromatic heterocycles. The molecule has 2 aromatic rings. The number of hydrogen-bond acceptors (Lipinski definition) is 4. The molecule has 1 aliphatic rings. The molecule has 30 heavy (non-hydrogen) atoms. The molecule has 160 valence electrons. The Balaban J connectivity index is 1.92. The smallest absolute Gasteiger partial charge is 0.189 e. The second-order valence-electron chi connectivity index (χ2n) is 8.83. The van der Waals surface area contributed by atoms with Crippen molar-refractivity contribution in [3.8, 4) is 5.75 Å². The van der Waals surface area contributed by atoms with Gasteiger partial charge in [-0.05, 0) is 54.4 Å². The van der Waals surface area contributed by atoms with Crippen molar-refractivity contribution in [2.45, 2.75) is 26.2 Å². The van der Waals surface area contributed by atoms with Gasteiger partial charge in [0.15, 0.2) is 5.78 Å². The largest absolute Gasteiger partial charge is 0.496 e. The molecule has 1 saturated heterocycles. The summed E-state index contributed by atoms with van der Waals surface area (Å²) in [5.41, 5.74) is 2.71. The van der Waals surface area contributed by atoms with E-state index in [9.17, 15) is 9.18 Å². The van der Waals surface area contributed by atoms with Crippen molar-refractivity contribution in [3.05, 3.63) is 65.0 Å². The van der Waals surface area contributed by atoms with E-state index in [1.807, 2.05) is 24.3 Å². The van der Waals surface area contributed by atoms with Crippen molar-refractivity contribution in [3.63, 3.8) is 0 Å². The summed E-state index contributed by atoms with van der Waals surface area (Å²) in [6.07, 6.45) is 3.04. The number of methoxy groups -OCH3 is 1. The van der Waals surface area contributed by atoms with E-state index in [-0.39, 0.29) is 17.0 Å². The number of ether oxygens (including phenoxy) is 1. The molecule has 0 amide bonds. The molecule has 0 saturated carbocycles. The van der Waals surface area contributed by atoms with Gasteiger partial charge in [-0.1, -0.05) is 32.9 Å². The third-order valence-electron chi connectivity index (χ3n) is 5.61. The lowest BCUT2D eigenvalue weighted by atomic mass is 9.85. The number of benzene rings is 2. The zero-order chi connectivity index (χ0) is 21.9. The second-order valence-corrected chi connectivity index (χ2v) is 8.83. The Morgan fingerprint density at radius 1 is 1.10 bits per heavy atom. The van der Waals surface area contributed by atoms with Gasteiger partial charge in [0.05, 0.1) is 12.7 Å². The van der Waals surface area contributed by atoms with Crippen LogP contribution in [0.15, 0.2) is 42.5 Å². The van der Waals surface area contributed by atoms with Crippen LogP contribution in [0.3, 0.4) is 0 Å². The molecule has 3 rings (SSSR count). The Kier molecular flexibility index (Phi) is 6.61. The SMILES string of the molecule is COc1ccc(C(C)(C)C)cc1C(=O)C=Cc1c(F)cccc1N1CCN(C)CC1. The first-order valence-corrected chi connectivity index (χ1v) is 10.3. The lowest BCUT2D eigenvalue weighted by molar-refractivity contribution is 0.104. The van der Waals surface area contributed by atoms with Gasteiger partial charge in [-0.15, -0.1) is 0 Å². The van der Waals surface area contributed by atoms with E-state index in [4.69, 9.17) is 4.74 Å². The van der Waals surface area contributed by atoms with Crippen LogP contribution in [-0.4, -0.2) is 51.0 Å². The molecule has 0 spiro atoms. The standard InChI is InChI=1S/C25H31FN2O2/c1-25(2,3)18-9-12-24(30-5)20(17-18)23(29)11-10-19-21(26)7-6-8-22(19)28-15-13-27(4)14-16-28/h6-12,17H,13-16H2,1-5H3. The Hall–Kier alpha value is -2.66. The molecule has 5 heteroatoms. The molecule has 0 unspecified atom stereocenters. The van der Waals surface area contributed by atoms with E-state index < -0.39 is 0 Å². The zero-order valence-electron chi connectivity index (χ0n) is 18.5. The molecule has 0 N–H and O–H groups in total. The topological polar surface area (TPSA) is 32.8 Å². The number of nitrogens with zero attached hydrogens (tertiary/aromatic N) is 2. The first-order valence-electron chi connectivity index (χ1n) is 10.3. The molecule has 0 radical (unpaired) electrons. The molecule has 4 nitrogen and oxygen atoms in total. The van der Waals surface area contributed by atoms with Gasteiger partial charge < -0.3 is 14.5 Å². The monoisotopic (exact) mass is 410 g/mol. The highest BCUT2D eigenvalue weighted by Gasteiger charge is 2.20. The molecule has 0 aliphatic carbocycles. The van der Waals surface area contributed by atoms with Crippen molar-refractivity contribution < 1.29 is 13.9 Å². The van der Waals surface area contributed by atoms with E-state index in [0.29, 0.717) is 16.9 Å². The summed E-state index contributed by atoms with van der Waals surface area (Å²) in [7, 11) is 3.64. The number of allylic oxidation sites excluding steroid dienone is 1. The molecule has 1 heterocycles. The molecule has 1 fully saturated rings. The first kappa shape index (κ1) is 22.0. The second kappa shape index (κ2) is 9.00. The van der Waals surface area contributed by atoms with Crippen LogP contribution in [0, 0.1) is 5.82 Å². The fourth-order valence-electron chi connectivity index (χ4n) is 3.63. The maximum absolute atomic E-state index is 14.7. The van der Waals surface area contributed by atoms with E-state index in [2.05, 4.69) is 37.6 Å². The highest BCUT2D eigenvalue weighted by Crippen LogP contribution is 2.30. The summed E-state index contributed by atoms with van der Waals surface area (Å²) >= 11 is 0. The third-order valence-corrected chi connectivity index (χ3v) is 5.61. The maximum atomic E-state index is 14.7. The van der Waals surface area contributed by atoms with Crippen molar-refractivity contribution in [1.82, 2.24) is 4.90 Å². The number of halogens is 1. The van der Waals surface area contributed by atoms with Gasteiger partial charge in [0.25, 0.3) is 0 Å². The number of hydrogen-bond donors (Lipinski definition) is 0. The van der Waals surface area contributed by atoms with E-state index >= 15 is 0 Å². The fourth-order valence-corrected chi connectivity index (χ4v) is 3.63. The summed E-state index contributed by atoms with van der Waals surface area (Å²) in [4.78, 5) is 17.4. The average Bonchev–Trinajstić information content (AvgIpc) is 2.72. The van der Waals surface area contributed by atoms with Crippen LogP contribution in [0.2, 0.25) is 0 Å². The average molecular weight is 411 g/mol. The van der Waals surface area contributed by atoms with Crippen LogP contribution in [0.25, 0.3) is 6.08 Å². The van der Waals surface area contributed by atoms with Gasteiger partial charge in [0.1, 0.15) is 11.6 Å². The molecule has 0 bridgehead atoms. The molecule has 1 aliphatic heterocycles. The van der Waals surface area contributed by atoms with Crippen molar-refractivity contribution in [2.24, 2.45) is 0 Å². The first-order chi connectivity index (χ1) is 14.2. The molecule has 0 atom stereocenters. The molecule has 2 aromatic carbocycles. The summed E-state index contributed by atoms with van der Waals surface area (Å²) in [6, 6.07) is 10.7. The number of anilines is 1. The summed E-state index contributed by atoms with van der Waals surface area (Å²) in [5.74, 6) is -0.0121. The Labute approximate surface area is 178 Å². The quantitative estimate of drug-likeness (QED) is 0.525. The van der Waals surface area contributed by atoms with Crippen LogP contribution < -0.4 is 9.64 Å². The fraction of sp³-hybridized carbons (Fsp3) is 0.400. The minimum Gasteiger partial charge on any atom is -0.496 e. The van der Waals surface area contributed by atoms with E-state index in [1.165, 1.54) is 12.1 Å². The highest BCUT2D eigenvalue weighted by atomic mass is 19.1. The lowest BCUT2D eigenvalue weighted by Crippen LogP contribution is -2.44. The lowest BCUT2D eigenvalue weighted by Gasteiger charge is -2.35. The Morgan fingerprint density at radius 3 is 2.43 bits per heavy atom. The zero-order valence-corrected chi connectivity index (χ0v) is 18.5. The van der Waals surface area contributed by atoms with Gasteiger partial charge in [0, 0.05) is 37.4 Å². The van der Waals surface area contributed by atoms with Gasteiger partial charge in [0.2, 0.25) is 0 Å². The third kappa shape index (κ3) is 4.90. The Bertz CT molecular complexity index is 939. The number of carbonyl (C=O) groups excluding carboxylic acids is 1. The van der Waals surface area contributed by atoms with Crippen LogP contribution in [0.5, 0.6) is 5.75 Å². The van der Waals surface area contributed by atoms with Crippen molar-refractivity contribution in [1.29, 1.82) is 0 Å². The van der Waals surface area contributed by atoms with Crippen LogP contribution >= 0.6 is 0 Å². The van der Waals surface area contributed by atoms with Gasteiger partial charge in [-0.3, -0.25) is 4.79 Å². The molecular formula is C25H31FN2O2. The highest BCUT2D eigenvalue weighted by molar-refractivity contribution is 6.09. The van der Waals surface area contributed by atoms with Gasteiger partial charge in [-0.2, -0.15) is 0 Å². The van der Waals surface area contributed by atoms with E-state index in [1.54, 1.807) is 19.3 Å². The van der Waals surface area contributed by atoms with Crippen LogP contribution in [0.1, 0.15) is 42.3 Å². The number of likely N-dealkylation sites (N-methyl/N-ethyl adjacent to an activating group) is 1. The minimum absolute atomic E-state index is 0.0921. The number of carbonyl (C=O) groups is 1. The summed E-state index contributed by atoms with van der Waals surface area (Å²) in [6.45, 7) is 9.80. The summed E-state index contributed by atoms with van der Waals surface area (Å²) in [5, 5.41) is 0. The number of rotatable bonds is 5. The number of piperazine rings is 1. The van der Waals surface area contributed by atoms with Gasteiger partial charge in [-0.25, -0.2) is 4.39 Å². The maximum Gasteiger partial charge on any atom is 0.189 e. The van der Waals surface area contributed by atoms with Crippen LogP contribution in [0.4, 0.5) is 10.1 Å². The Morgan fingerprint density at radius 2 is 1.80 bits per heavy atom. The van der Waals surface area contributed by atoms with Crippen molar-refractivity contribution in [2.75, 3.05) is 45.2 Å². The predicted molar refractivity (Wildman–Crippen MR) is 121 cm³/mol. The minimum atomic E-state index is -0.328. The summed E-state index contributed by atoms with van der Waals surface area (Å²) < 4.78 is 20.1. The van der Waals surface area contributed by atoms with E-state index in [0.717, 1.165) is 37.4 Å². The predicted octanol–water partition coefficient (Wildman–Crippen LogP) is 4.78. The van der Waals surface area contributed by atoms with Crippen molar-refractivity contribution >= 4 is 17.5 Å². The van der Waals surface area contributed by atoms with Gasteiger partial charge >= 0.3 is 0 Å².